The second kappa shape index (κ2) is 6.70. The van der Waals surface area contributed by atoms with Crippen molar-refractivity contribution in [3.8, 4) is 5.88 Å². The summed E-state index contributed by atoms with van der Waals surface area (Å²) < 4.78 is 6.02. The van der Waals surface area contributed by atoms with Gasteiger partial charge in [0.25, 0.3) is 0 Å². The van der Waals surface area contributed by atoms with E-state index in [1.165, 1.54) is 0 Å². The van der Waals surface area contributed by atoms with Crippen LogP contribution in [0.4, 0.5) is 10.5 Å². The van der Waals surface area contributed by atoms with Crippen molar-refractivity contribution in [2.75, 3.05) is 5.32 Å². The van der Waals surface area contributed by atoms with Crippen molar-refractivity contribution >= 4 is 11.7 Å². The Hall–Kier alpha value is -2.63. The van der Waals surface area contributed by atoms with E-state index in [1.54, 1.807) is 18.6 Å². The van der Waals surface area contributed by atoms with E-state index in [0.29, 0.717) is 5.88 Å². The molecule has 6 heteroatoms. The molecular formula is C19H22N4O2. The maximum atomic E-state index is 12.8. The maximum absolute atomic E-state index is 12.8. The van der Waals surface area contributed by atoms with E-state index in [2.05, 4.69) is 15.3 Å². The first-order valence-corrected chi connectivity index (χ1v) is 8.78. The van der Waals surface area contributed by atoms with E-state index >= 15 is 0 Å². The van der Waals surface area contributed by atoms with Crippen molar-refractivity contribution < 1.29 is 9.53 Å². The number of ether oxygens (including phenoxy) is 1. The number of anilines is 1. The van der Waals surface area contributed by atoms with Gasteiger partial charge in [-0.2, -0.15) is 0 Å². The smallest absolute Gasteiger partial charge is 0.322 e. The molecule has 25 heavy (non-hydrogen) atoms. The van der Waals surface area contributed by atoms with E-state index < -0.39 is 0 Å². The van der Waals surface area contributed by atoms with Crippen molar-refractivity contribution in [3.63, 3.8) is 0 Å². The van der Waals surface area contributed by atoms with Crippen LogP contribution in [0.3, 0.4) is 0 Å². The predicted molar refractivity (Wildman–Crippen MR) is 94.5 cm³/mol. The molecule has 2 aliphatic heterocycles. The van der Waals surface area contributed by atoms with Gasteiger partial charge in [-0.3, -0.25) is 4.98 Å². The van der Waals surface area contributed by atoms with Crippen molar-refractivity contribution in [1.82, 2.24) is 14.9 Å². The zero-order chi connectivity index (χ0) is 17.2. The van der Waals surface area contributed by atoms with Gasteiger partial charge in [-0.15, -0.1) is 0 Å². The fourth-order valence-electron chi connectivity index (χ4n) is 3.92. The minimum atomic E-state index is -0.0279. The molecule has 6 nitrogen and oxygen atoms in total. The van der Waals surface area contributed by atoms with Gasteiger partial charge in [0, 0.05) is 43.4 Å². The summed E-state index contributed by atoms with van der Waals surface area (Å²) in [6, 6.07) is 8.01. The molecule has 1 N–H and O–H groups in total. The van der Waals surface area contributed by atoms with Crippen LogP contribution < -0.4 is 10.1 Å². The Morgan fingerprint density at radius 3 is 2.68 bits per heavy atom. The molecule has 2 aliphatic rings. The van der Waals surface area contributed by atoms with E-state index in [1.807, 2.05) is 36.1 Å². The number of carbonyl (C=O) groups excluding carboxylic acids is 1. The molecule has 2 atom stereocenters. The van der Waals surface area contributed by atoms with Crippen LogP contribution >= 0.6 is 0 Å². The summed E-state index contributed by atoms with van der Waals surface area (Å²) in [7, 11) is 0. The third kappa shape index (κ3) is 3.29. The van der Waals surface area contributed by atoms with Gasteiger partial charge in [0.1, 0.15) is 6.10 Å². The molecule has 0 aromatic carbocycles. The Kier molecular flexibility index (Phi) is 4.26. The fraction of sp³-hybridized carbons (Fsp3) is 0.421. The molecular weight excluding hydrogens is 316 g/mol. The summed E-state index contributed by atoms with van der Waals surface area (Å²) in [4.78, 5) is 23.1. The molecule has 2 fully saturated rings. The van der Waals surface area contributed by atoms with Crippen LogP contribution in [-0.2, 0) is 0 Å². The number of carbonyl (C=O) groups is 1. The number of fused-ring (bicyclic) bond motifs is 2. The van der Waals surface area contributed by atoms with Crippen molar-refractivity contribution in [2.24, 2.45) is 0 Å². The number of aryl methyl sites for hydroxylation is 1. The first kappa shape index (κ1) is 15.9. The lowest BCUT2D eigenvalue weighted by Gasteiger charge is -2.38. The topological polar surface area (TPSA) is 67.4 Å². The molecule has 2 unspecified atom stereocenters. The maximum Gasteiger partial charge on any atom is 0.322 e. The molecule has 0 spiro atoms. The predicted octanol–water partition coefficient (Wildman–Crippen LogP) is 3.39. The summed E-state index contributed by atoms with van der Waals surface area (Å²) in [5.41, 5.74) is 1.79. The standard InChI is InChI=1S/C19H22N4O2/c1-13-7-9-20-12-17(13)22-19(24)23-14-5-6-15(23)11-16(10-14)25-18-4-2-3-8-21-18/h2-4,7-9,12,14-16H,5-6,10-11H2,1H3,(H,22,24). The molecule has 130 valence electrons. The number of hydrogen-bond acceptors (Lipinski definition) is 4. The first-order valence-electron chi connectivity index (χ1n) is 8.78. The number of piperidine rings is 1. The van der Waals surface area contributed by atoms with Crippen LogP contribution in [-0.4, -0.2) is 39.1 Å². The molecule has 4 rings (SSSR count). The highest BCUT2D eigenvalue weighted by Crippen LogP contribution is 2.37. The van der Waals surface area contributed by atoms with Gasteiger partial charge in [0.2, 0.25) is 5.88 Å². The third-order valence-electron chi connectivity index (χ3n) is 5.13. The quantitative estimate of drug-likeness (QED) is 0.931. The zero-order valence-electron chi connectivity index (χ0n) is 14.3. The lowest BCUT2D eigenvalue weighted by molar-refractivity contribution is 0.0704. The number of nitrogens with one attached hydrogen (secondary N) is 1. The van der Waals surface area contributed by atoms with E-state index in [9.17, 15) is 4.79 Å². The number of rotatable bonds is 3. The molecule has 4 heterocycles. The molecule has 0 radical (unpaired) electrons. The Balaban J connectivity index is 1.42. The van der Waals surface area contributed by atoms with Crippen molar-refractivity contribution in [2.45, 2.75) is 50.8 Å². The van der Waals surface area contributed by atoms with Gasteiger partial charge >= 0.3 is 6.03 Å². The Morgan fingerprint density at radius 2 is 2.00 bits per heavy atom. The Labute approximate surface area is 147 Å². The minimum Gasteiger partial charge on any atom is -0.474 e. The minimum absolute atomic E-state index is 0.0279. The van der Waals surface area contributed by atoms with Crippen LogP contribution in [0.1, 0.15) is 31.2 Å². The SMILES string of the molecule is Cc1ccncc1NC(=O)N1C2CCC1CC(Oc1ccccn1)C2. The molecule has 2 amide bonds. The first-order chi connectivity index (χ1) is 12.2. The van der Waals surface area contributed by atoms with Crippen LogP contribution in [0.15, 0.2) is 42.9 Å². The number of urea groups is 1. The number of aromatic nitrogens is 2. The molecule has 0 saturated carbocycles. The lowest BCUT2D eigenvalue weighted by Crippen LogP contribution is -2.50. The molecule has 2 aromatic heterocycles. The highest BCUT2D eigenvalue weighted by atomic mass is 16.5. The molecule has 0 aliphatic carbocycles. The van der Waals surface area contributed by atoms with Gasteiger partial charge in [-0.1, -0.05) is 6.07 Å². The van der Waals surface area contributed by atoms with E-state index in [0.717, 1.165) is 36.9 Å². The Bertz CT molecular complexity index is 738. The van der Waals surface area contributed by atoms with Crippen LogP contribution in [0.2, 0.25) is 0 Å². The molecule has 2 aromatic rings. The van der Waals surface area contributed by atoms with Crippen molar-refractivity contribution in [3.05, 3.63) is 48.4 Å². The summed E-state index contributed by atoms with van der Waals surface area (Å²) in [6.45, 7) is 1.97. The second-order valence-electron chi connectivity index (χ2n) is 6.79. The average molecular weight is 338 g/mol. The van der Waals surface area contributed by atoms with Gasteiger partial charge in [0.05, 0.1) is 11.9 Å². The highest BCUT2D eigenvalue weighted by molar-refractivity contribution is 5.90. The van der Waals surface area contributed by atoms with Crippen LogP contribution in [0.25, 0.3) is 0 Å². The lowest BCUT2D eigenvalue weighted by atomic mass is 10.00. The summed E-state index contributed by atoms with van der Waals surface area (Å²) >= 11 is 0. The van der Waals surface area contributed by atoms with Crippen molar-refractivity contribution in [1.29, 1.82) is 0 Å². The van der Waals surface area contributed by atoms with Gasteiger partial charge in [0.15, 0.2) is 0 Å². The number of pyridine rings is 2. The zero-order valence-corrected chi connectivity index (χ0v) is 14.3. The van der Waals surface area contributed by atoms with E-state index in [-0.39, 0.29) is 24.2 Å². The number of nitrogens with zero attached hydrogens (tertiary/aromatic N) is 3. The number of amides is 2. The summed E-state index contributed by atoms with van der Waals surface area (Å²) in [6.07, 6.45) is 9.07. The highest BCUT2D eigenvalue weighted by Gasteiger charge is 2.44. The molecule has 2 bridgehead atoms. The van der Waals surface area contributed by atoms with Gasteiger partial charge in [-0.25, -0.2) is 9.78 Å². The number of hydrogen-bond donors (Lipinski definition) is 1. The fourth-order valence-corrected chi connectivity index (χ4v) is 3.92. The monoisotopic (exact) mass is 338 g/mol. The summed E-state index contributed by atoms with van der Waals surface area (Å²) in [5, 5.41) is 3.02. The summed E-state index contributed by atoms with van der Waals surface area (Å²) in [5.74, 6) is 0.663. The van der Waals surface area contributed by atoms with Crippen LogP contribution in [0.5, 0.6) is 5.88 Å². The van der Waals surface area contributed by atoms with Gasteiger partial charge < -0.3 is 15.0 Å². The third-order valence-corrected chi connectivity index (χ3v) is 5.13. The van der Waals surface area contributed by atoms with E-state index in [4.69, 9.17) is 4.74 Å². The van der Waals surface area contributed by atoms with Crippen LogP contribution in [0, 0.1) is 6.92 Å². The second-order valence-corrected chi connectivity index (χ2v) is 6.79. The average Bonchev–Trinajstić information content (AvgIpc) is 2.89. The van der Waals surface area contributed by atoms with Gasteiger partial charge in [-0.05, 0) is 37.5 Å². The normalized spacial score (nSPS) is 24.8. The molecule has 2 saturated heterocycles. The largest absolute Gasteiger partial charge is 0.474 e. The Morgan fingerprint density at radius 1 is 1.20 bits per heavy atom.